The van der Waals surface area contributed by atoms with Crippen LogP contribution in [0.15, 0.2) is 18.2 Å². The van der Waals surface area contributed by atoms with Gasteiger partial charge in [-0.05, 0) is 45.0 Å². The quantitative estimate of drug-likeness (QED) is 0.899. The predicted octanol–water partition coefficient (Wildman–Crippen LogP) is 2.94. The van der Waals surface area contributed by atoms with Crippen LogP contribution in [-0.4, -0.2) is 28.6 Å². The molecule has 1 aromatic rings. The van der Waals surface area contributed by atoms with Crippen LogP contribution in [0.1, 0.15) is 25.0 Å². The predicted molar refractivity (Wildman–Crippen MR) is 69.4 cm³/mol. The number of benzene rings is 1. The zero-order valence-electron chi connectivity index (χ0n) is 10.6. The Morgan fingerprint density at radius 1 is 1.47 bits per heavy atom. The van der Waals surface area contributed by atoms with E-state index in [1.54, 1.807) is 25.8 Å². The van der Waals surface area contributed by atoms with Crippen LogP contribution in [0, 0.1) is 6.92 Å². The van der Waals surface area contributed by atoms with Crippen LogP contribution in [0.25, 0.3) is 0 Å². The zero-order chi connectivity index (χ0) is 13.2. The molecule has 4 heteroatoms. The molecular formula is C13H18ClNO2. The average Bonchev–Trinajstić information content (AvgIpc) is 2.21. The minimum atomic E-state index is -0.909. The summed E-state index contributed by atoms with van der Waals surface area (Å²) < 4.78 is 0. The highest BCUT2D eigenvalue weighted by molar-refractivity contribution is 6.31. The van der Waals surface area contributed by atoms with Gasteiger partial charge >= 0.3 is 5.97 Å². The van der Waals surface area contributed by atoms with Crippen molar-refractivity contribution in [3.05, 3.63) is 34.3 Å². The fourth-order valence-corrected chi connectivity index (χ4v) is 1.69. The lowest BCUT2D eigenvalue weighted by atomic mass is 10.0. The minimum absolute atomic E-state index is 0.512. The summed E-state index contributed by atoms with van der Waals surface area (Å²) in [4.78, 5) is 12.9. The molecule has 0 saturated heterocycles. The van der Waals surface area contributed by atoms with Crippen molar-refractivity contribution in [2.45, 2.75) is 32.9 Å². The highest BCUT2D eigenvalue weighted by Gasteiger charge is 2.32. The molecule has 0 fully saturated rings. The second kappa shape index (κ2) is 5.07. The number of likely N-dealkylation sites (N-methyl/N-ethyl adjacent to an activating group) is 1. The average molecular weight is 256 g/mol. The van der Waals surface area contributed by atoms with E-state index in [-0.39, 0.29) is 0 Å². The number of carbonyl (C=O) groups is 1. The van der Waals surface area contributed by atoms with Gasteiger partial charge in [0, 0.05) is 11.6 Å². The summed E-state index contributed by atoms with van der Waals surface area (Å²) in [6, 6.07) is 5.80. The molecule has 1 N–H and O–H groups in total. The fourth-order valence-electron chi connectivity index (χ4n) is 1.40. The molecule has 1 aromatic carbocycles. The molecule has 17 heavy (non-hydrogen) atoms. The number of aliphatic carboxylic acids is 1. The lowest BCUT2D eigenvalue weighted by Crippen LogP contribution is -2.47. The van der Waals surface area contributed by atoms with Gasteiger partial charge in [-0.25, -0.2) is 0 Å². The summed E-state index contributed by atoms with van der Waals surface area (Å²) >= 11 is 6.13. The van der Waals surface area contributed by atoms with Crippen molar-refractivity contribution in [3.8, 4) is 0 Å². The number of nitrogens with zero attached hydrogens (tertiary/aromatic N) is 1. The van der Waals surface area contributed by atoms with Gasteiger partial charge in [0.15, 0.2) is 0 Å². The number of halogens is 1. The molecule has 0 spiro atoms. The first-order valence-electron chi connectivity index (χ1n) is 5.45. The molecule has 0 aliphatic heterocycles. The molecule has 0 aliphatic rings. The lowest BCUT2D eigenvalue weighted by Gasteiger charge is -2.31. The maximum atomic E-state index is 11.1. The highest BCUT2D eigenvalue weighted by atomic mass is 35.5. The van der Waals surface area contributed by atoms with E-state index in [4.69, 9.17) is 16.7 Å². The monoisotopic (exact) mass is 255 g/mol. The van der Waals surface area contributed by atoms with Crippen molar-refractivity contribution < 1.29 is 9.90 Å². The maximum Gasteiger partial charge on any atom is 0.323 e. The largest absolute Gasteiger partial charge is 0.480 e. The third-order valence-corrected chi connectivity index (χ3v) is 3.45. The molecule has 0 aliphatic carbocycles. The smallest absolute Gasteiger partial charge is 0.323 e. The maximum absolute atomic E-state index is 11.1. The molecule has 0 saturated carbocycles. The summed E-state index contributed by atoms with van der Waals surface area (Å²) in [5.74, 6) is -0.844. The van der Waals surface area contributed by atoms with Crippen molar-refractivity contribution >= 4 is 17.6 Å². The first kappa shape index (κ1) is 14.0. The first-order valence-corrected chi connectivity index (χ1v) is 5.82. The van der Waals surface area contributed by atoms with E-state index in [1.807, 2.05) is 25.1 Å². The van der Waals surface area contributed by atoms with E-state index in [1.165, 1.54) is 0 Å². The Morgan fingerprint density at radius 2 is 2.06 bits per heavy atom. The second-order valence-electron chi connectivity index (χ2n) is 4.82. The van der Waals surface area contributed by atoms with Crippen LogP contribution >= 0.6 is 11.6 Å². The van der Waals surface area contributed by atoms with Crippen LogP contribution in [-0.2, 0) is 11.3 Å². The van der Waals surface area contributed by atoms with Gasteiger partial charge in [0.1, 0.15) is 5.54 Å². The Hall–Kier alpha value is -1.06. The van der Waals surface area contributed by atoms with Crippen LogP contribution in [0.4, 0.5) is 0 Å². The van der Waals surface area contributed by atoms with Crippen LogP contribution in [0.5, 0.6) is 0 Å². The van der Waals surface area contributed by atoms with Gasteiger partial charge in [-0.2, -0.15) is 0 Å². The molecule has 0 unspecified atom stereocenters. The second-order valence-corrected chi connectivity index (χ2v) is 5.22. The highest BCUT2D eigenvalue weighted by Crippen LogP contribution is 2.22. The van der Waals surface area contributed by atoms with Gasteiger partial charge in [0.05, 0.1) is 0 Å². The number of aryl methyl sites for hydroxylation is 1. The van der Waals surface area contributed by atoms with Gasteiger partial charge in [-0.15, -0.1) is 0 Å². The third kappa shape index (κ3) is 3.20. The molecule has 1 rings (SSSR count). The summed E-state index contributed by atoms with van der Waals surface area (Å²) in [6.45, 7) is 5.84. The SMILES string of the molecule is Cc1ccc(CN(C)C(C)(C)C(=O)O)c(Cl)c1. The molecule has 3 nitrogen and oxygen atoms in total. The molecule has 0 radical (unpaired) electrons. The summed E-state index contributed by atoms with van der Waals surface area (Å²) in [5, 5.41) is 9.81. The topological polar surface area (TPSA) is 40.5 Å². The molecule has 0 bridgehead atoms. The number of carboxylic acid groups (broad SMARTS) is 1. The van der Waals surface area contributed by atoms with Crippen molar-refractivity contribution in [1.82, 2.24) is 4.90 Å². The van der Waals surface area contributed by atoms with Gasteiger partial charge in [0.25, 0.3) is 0 Å². The van der Waals surface area contributed by atoms with E-state index in [2.05, 4.69) is 0 Å². The Morgan fingerprint density at radius 3 is 2.53 bits per heavy atom. The Balaban J connectivity index is 2.88. The Labute approximate surface area is 107 Å². The standard InChI is InChI=1S/C13H18ClNO2/c1-9-5-6-10(11(14)7-9)8-15(4)13(2,3)12(16)17/h5-7H,8H2,1-4H3,(H,16,17). The van der Waals surface area contributed by atoms with Gasteiger partial charge in [-0.1, -0.05) is 23.7 Å². The molecule has 0 aromatic heterocycles. The van der Waals surface area contributed by atoms with E-state index >= 15 is 0 Å². The van der Waals surface area contributed by atoms with Gasteiger partial charge < -0.3 is 5.11 Å². The summed E-state index contributed by atoms with van der Waals surface area (Å²) in [5.41, 5.74) is 1.13. The molecule has 94 valence electrons. The Kier molecular flexibility index (Phi) is 4.17. The van der Waals surface area contributed by atoms with Gasteiger partial charge in [0.2, 0.25) is 0 Å². The zero-order valence-corrected chi connectivity index (χ0v) is 11.4. The molecule has 0 heterocycles. The van der Waals surface area contributed by atoms with Crippen molar-refractivity contribution in [1.29, 1.82) is 0 Å². The van der Waals surface area contributed by atoms with E-state index in [0.29, 0.717) is 11.6 Å². The minimum Gasteiger partial charge on any atom is -0.480 e. The van der Waals surface area contributed by atoms with Crippen LogP contribution in [0.2, 0.25) is 5.02 Å². The van der Waals surface area contributed by atoms with Crippen LogP contribution in [0.3, 0.4) is 0 Å². The number of carboxylic acids is 1. The molecule has 0 amide bonds. The lowest BCUT2D eigenvalue weighted by molar-refractivity contribution is -0.148. The van der Waals surface area contributed by atoms with Crippen LogP contribution < -0.4 is 0 Å². The van der Waals surface area contributed by atoms with Crippen molar-refractivity contribution in [3.63, 3.8) is 0 Å². The van der Waals surface area contributed by atoms with E-state index < -0.39 is 11.5 Å². The van der Waals surface area contributed by atoms with Crippen molar-refractivity contribution in [2.75, 3.05) is 7.05 Å². The number of hydrogen-bond donors (Lipinski definition) is 1. The van der Waals surface area contributed by atoms with E-state index in [9.17, 15) is 4.79 Å². The van der Waals surface area contributed by atoms with Crippen molar-refractivity contribution in [2.24, 2.45) is 0 Å². The first-order chi connectivity index (χ1) is 7.75. The summed E-state index contributed by atoms with van der Waals surface area (Å²) in [7, 11) is 1.78. The number of rotatable bonds is 4. The molecule has 0 atom stereocenters. The summed E-state index contributed by atoms with van der Waals surface area (Å²) in [6.07, 6.45) is 0. The number of hydrogen-bond acceptors (Lipinski definition) is 2. The fraction of sp³-hybridized carbons (Fsp3) is 0.462. The molecular weight excluding hydrogens is 238 g/mol. The third-order valence-electron chi connectivity index (χ3n) is 3.09. The van der Waals surface area contributed by atoms with E-state index in [0.717, 1.165) is 11.1 Å². The Bertz CT molecular complexity index is 429. The normalized spacial score (nSPS) is 11.9. The van der Waals surface area contributed by atoms with Gasteiger partial charge in [-0.3, -0.25) is 9.69 Å².